The Hall–Kier alpha value is -1.88. The standard InChI is InChI=1S/C16H13Cl2N3O/c17-12-7-5-11(6-8-12)9-19-10-15-20-21-16(22-15)13-3-1-2-4-14(13)18/h1-8,19H,9-10H2. The minimum Gasteiger partial charge on any atom is -0.419 e. The maximum absolute atomic E-state index is 6.11. The van der Waals surface area contributed by atoms with Crippen LogP contribution in [0.3, 0.4) is 0 Å². The highest BCUT2D eigenvalue weighted by Crippen LogP contribution is 2.26. The third kappa shape index (κ3) is 3.65. The van der Waals surface area contributed by atoms with Crippen molar-refractivity contribution in [2.45, 2.75) is 13.1 Å². The van der Waals surface area contributed by atoms with Crippen molar-refractivity contribution in [2.24, 2.45) is 0 Å². The SMILES string of the molecule is Clc1ccc(CNCc2nnc(-c3ccccc3Cl)o2)cc1. The van der Waals surface area contributed by atoms with Gasteiger partial charge in [0, 0.05) is 11.6 Å². The van der Waals surface area contributed by atoms with Gasteiger partial charge in [-0.15, -0.1) is 10.2 Å². The Morgan fingerprint density at radius 3 is 2.45 bits per heavy atom. The zero-order valence-corrected chi connectivity index (χ0v) is 13.1. The maximum atomic E-state index is 6.11. The maximum Gasteiger partial charge on any atom is 0.249 e. The summed E-state index contributed by atoms with van der Waals surface area (Å²) in [6, 6.07) is 15.0. The van der Waals surface area contributed by atoms with Crippen LogP contribution in [0.5, 0.6) is 0 Å². The summed E-state index contributed by atoms with van der Waals surface area (Å²) in [5.41, 5.74) is 1.87. The fourth-order valence-electron chi connectivity index (χ4n) is 1.98. The second-order valence-electron chi connectivity index (χ2n) is 4.71. The van der Waals surface area contributed by atoms with E-state index in [2.05, 4.69) is 15.5 Å². The Morgan fingerprint density at radius 2 is 1.68 bits per heavy atom. The molecule has 0 atom stereocenters. The van der Waals surface area contributed by atoms with Gasteiger partial charge in [0.2, 0.25) is 11.8 Å². The summed E-state index contributed by atoms with van der Waals surface area (Å²) in [6.45, 7) is 1.18. The lowest BCUT2D eigenvalue weighted by Gasteiger charge is -2.02. The van der Waals surface area contributed by atoms with Crippen molar-refractivity contribution < 1.29 is 4.42 Å². The first-order valence-electron chi connectivity index (χ1n) is 6.75. The van der Waals surface area contributed by atoms with E-state index >= 15 is 0 Å². The van der Waals surface area contributed by atoms with Gasteiger partial charge < -0.3 is 9.73 Å². The van der Waals surface area contributed by atoms with Crippen LogP contribution >= 0.6 is 23.2 Å². The minimum atomic E-state index is 0.425. The molecule has 0 aliphatic heterocycles. The van der Waals surface area contributed by atoms with E-state index in [1.165, 1.54) is 0 Å². The van der Waals surface area contributed by atoms with E-state index in [1.54, 1.807) is 6.07 Å². The number of benzene rings is 2. The lowest BCUT2D eigenvalue weighted by molar-refractivity contribution is 0.477. The molecule has 0 unspecified atom stereocenters. The van der Waals surface area contributed by atoms with Crippen LogP contribution in [-0.2, 0) is 13.1 Å². The smallest absolute Gasteiger partial charge is 0.249 e. The van der Waals surface area contributed by atoms with Crippen molar-refractivity contribution in [2.75, 3.05) is 0 Å². The number of halogens is 2. The predicted octanol–water partition coefficient (Wildman–Crippen LogP) is 4.33. The fraction of sp³-hybridized carbons (Fsp3) is 0.125. The molecule has 6 heteroatoms. The van der Waals surface area contributed by atoms with Gasteiger partial charge in [-0.25, -0.2) is 0 Å². The number of nitrogens with zero attached hydrogens (tertiary/aromatic N) is 2. The molecule has 4 nitrogen and oxygen atoms in total. The predicted molar refractivity (Wildman–Crippen MR) is 86.7 cm³/mol. The normalized spacial score (nSPS) is 10.8. The van der Waals surface area contributed by atoms with E-state index in [9.17, 15) is 0 Å². The Morgan fingerprint density at radius 1 is 0.909 bits per heavy atom. The first-order chi connectivity index (χ1) is 10.7. The lowest BCUT2D eigenvalue weighted by Crippen LogP contribution is -2.12. The molecule has 3 aromatic rings. The quantitative estimate of drug-likeness (QED) is 0.754. The Kier molecular flexibility index (Phi) is 4.73. The molecule has 0 saturated heterocycles. The van der Waals surface area contributed by atoms with Crippen molar-refractivity contribution >= 4 is 23.2 Å². The number of hydrogen-bond acceptors (Lipinski definition) is 4. The van der Waals surface area contributed by atoms with E-state index in [0.717, 1.165) is 16.1 Å². The molecule has 112 valence electrons. The van der Waals surface area contributed by atoms with Crippen LogP contribution in [0.25, 0.3) is 11.5 Å². The van der Waals surface area contributed by atoms with Crippen LogP contribution in [-0.4, -0.2) is 10.2 Å². The van der Waals surface area contributed by atoms with Crippen molar-refractivity contribution in [3.8, 4) is 11.5 Å². The van der Waals surface area contributed by atoms with Gasteiger partial charge in [-0.1, -0.05) is 47.5 Å². The number of nitrogens with one attached hydrogen (secondary N) is 1. The largest absolute Gasteiger partial charge is 0.419 e. The van der Waals surface area contributed by atoms with Gasteiger partial charge in [-0.3, -0.25) is 0 Å². The zero-order chi connectivity index (χ0) is 15.4. The summed E-state index contributed by atoms with van der Waals surface area (Å²) in [5, 5.41) is 12.6. The van der Waals surface area contributed by atoms with Crippen LogP contribution in [0, 0.1) is 0 Å². The first-order valence-corrected chi connectivity index (χ1v) is 7.50. The van der Waals surface area contributed by atoms with Crippen molar-refractivity contribution in [1.29, 1.82) is 0 Å². The summed E-state index contributed by atoms with van der Waals surface area (Å²) < 4.78 is 5.62. The van der Waals surface area contributed by atoms with Crippen LogP contribution in [0.15, 0.2) is 52.9 Å². The number of hydrogen-bond donors (Lipinski definition) is 1. The monoisotopic (exact) mass is 333 g/mol. The Bertz CT molecular complexity index is 756. The molecule has 0 aliphatic carbocycles. The second kappa shape index (κ2) is 6.92. The molecule has 0 bridgehead atoms. The topological polar surface area (TPSA) is 51.0 Å². The van der Waals surface area contributed by atoms with Gasteiger partial charge in [0.25, 0.3) is 0 Å². The van der Waals surface area contributed by atoms with Crippen LogP contribution < -0.4 is 5.32 Å². The average molecular weight is 334 g/mol. The third-order valence-electron chi connectivity index (χ3n) is 3.09. The van der Waals surface area contributed by atoms with E-state index in [-0.39, 0.29) is 0 Å². The van der Waals surface area contributed by atoms with E-state index in [0.29, 0.717) is 29.9 Å². The zero-order valence-electron chi connectivity index (χ0n) is 11.6. The van der Waals surface area contributed by atoms with Crippen LogP contribution in [0.1, 0.15) is 11.5 Å². The second-order valence-corrected chi connectivity index (χ2v) is 5.55. The van der Waals surface area contributed by atoms with Crippen molar-refractivity contribution in [1.82, 2.24) is 15.5 Å². The molecule has 2 aromatic carbocycles. The summed E-state index contributed by atoms with van der Waals surface area (Å²) in [6.07, 6.45) is 0. The summed E-state index contributed by atoms with van der Waals surface area (Å²) in [7, 11) is 0. The third-order valence-corrected chi connectivity index (χ3v) is 3.67. The minimum absolute atomic E-state index is 0.425. The van der Waals surface area contributed by atoms with Gasteiger partial charge in [0.1, 0.15) is 0 Å². The summed E-state index contributed by atoms with van der Waals surface area (Å²) >= 11 is 12.0. The molecule has 3 rings (SSSR count). The van der Waals surface area contributed by atoms with E-state index in [4.69, 9.17) is 27.6 Å². The van der Waals surface area contributed by atoms with Crippen molar-refractivity contribution in [3.05, 3.63) is 70.0 Å². The highest BCUT2D eigenvalue weighted by atomic mass is 35.5. The first kappa shape index (κ1) is 15.0. The van der Waals surface area contributed by atoms with Gasteiger partial charge in [-0.2, -0.15) is 0 Å². The Labute approximate surface area is 138 Å². The van der Waals surface area contributed by atoms with Gasteiger partial charge in [0.15, 0.2) is 0 Å². The van der Waals surface area contributed by atoms with E-state index < -0.39 is 0 Å². The molecule has 0 saturated carbocycles. The van der Waals surface area contributed by atoms with Gasteiger partial charge in [0.05, 0.1) is 17.1 Å². The molecule has 1 aromatic heterocycles. The molecular weight excluding hydrogens is 321 g/mol. The van der Waals surface area contributed by atoms with Crippen LogP contribution in [0.4, 0.5) is 0 Å². The molecular formula is C16H13Cl2N3O. The molecule has 1 heterocycles. The lowest BCUT2D eigenvalue weighted by atomic mass is 10.2. The van der Waals surface area contributed by atoms with Crippen molar-refractivity contribution in [3.63, 3.8) is 0 Å². The van der Waals surface area contributed by atoms with Gasteiger partial charge >= 0.3 is 0 Å². The van der Waals surface area contributed by atoms with Crippen LogP contribution in [0.2, 0.25) is 10.0 Å². The molecule has 1 N–H and O–H groups in total. The average Bonchev–Trinajstić information content (AvgIpc) is 2.98. The highest BCUT2D eigenvalue weighted by molar-refractivity contribution is 6.33. The number of aromatic nitrogens is 2. The highest BCUT2D eigenvalue weighted by Gasteiger charge is 2.11. The molecule has 0 radical (unpaired) electrons. The molecule has 0 fully saturated rings. The van der Waals surface area contributed by atoms with Gasteiger partial charge in [-0.05, 0) is 29.8 Å². The number of rotatable bonds is 5. The molecule has 0 amide bonds. The summed E-state index contributed by atoms with van der Waals surface area (Å²) in [5.74, 6) is 0.942. The van der Waals surface area contributed by atoms with E-state index in [1.807, 2.05) is 42.5 Å². The fourth-order valence-corrected chi connectivity index (χ4v) is 2.33. The molecule has 0 aliphatic rings. The Balaban J connectivity index is 1.60. The molecule has 22 heavy (non-hydrogen) atoms. The molecule has 0 spiro atoms. The summed E-state index contributed by atoms with van der Waals surface area (Å²) in [4.78, 5) is 0.